The van der Waals surface area contributed by atoms with Crippen molar-refractivity contribution in [1.82, 2.24) is 0 Å². The molecule has 1 N–H and O–H groups in total. The minimum atomic E-state index is -0.0609. The zero-order valence-electron chi connectivity index (χ0n) is 16.1. The molecule has 24 heavy (non-hydrogen) atoms. The number of carbonyl (C=O) groups is 1. The summed E-state index contributed by atoms with van der Waals surface area (Å²) in [6.07, 6.45) is 9.45. The first kappa shape index (κ1) is 17.1. The van der Waals surface area contributed by atoms with Crippen LogP contribution in [0.5, 0.6) is 0 Å². The molecule has 0 spiro atoms. The van der Waals surface area contributed by atoms with E-state index >= 15 is 0 Å². The molecular formula is C22H36O2. The van der Waals surface area contributed by atoms with Gasteiger partial charge in [0, 0.05) is 5.92 Å². The lowest BCUT2D eigenvalue weighted by Gasteiger charge is -2.62. The molecule has 0 saturated heterocycles. The van der Waals surface area contributed by atoms with Crippen LogP contribution in [0, 0.1) is 46.3 Å². The van der Waals surface area contributed by atoms with E-state index in [-0.39, 0.29) is 11.5 Å². The molecule has 0 aromatic heterocycles. The number of carbonyl (C=O) groups excluding carboxylic acids is 1. The second-order valence-electron chi connectivity index (χ2n) is 10.4. The van der Waals surface area contributed by atoms with Crippen LogP contribution in [0.2, 0.25) is 0 Å². The van der Waals surface area contributed by atoms with Gasteiger partial charge in [-0.05, 0) is 98.7 Å². The van der Waals surface area contributed by atoms with Crippen LogP contribution in [0.1, 0.15) is 79.1 Å². The maximum atomic E-state index is 12.2. The molecule has 0 bridgehead atoms. The monoisotopic (exact) mass is 332 g/mol. The van der Waals surface area contributed by atoms with E-state index in [0.29, 0.717) is 23.0 Å². The van der Waals surface area contributed by atoms with E-state index in [1.54, 1.807) is 0 Å². The SMILES string of the molecule is CC(=O)[C@H]1CC[C@H]2[C@@H]3[C@H](C)C[C@@H]4C[C@@H](O)CC[C@]4(C)[C@H]3CC[C@]12C. The third kappa shape index (κ3) is 2.20. The Kier molecular flexibility index (Phi) is 3.95. The summed E-state index contributed by atoms with van der Waals surface area (Å²) in [6, 6.07) is 0. The second-order valence-corrected chi connectivity index (χ2v) is 10.4. The molecule has 4 saturated carbocycles. The van der Waals surface area contributed by atoms with Gasteiger partial charge >= 0.3 is 0 Å². The minimum Gasteiger partial charge on any atom is -0.393 e. The summed E-state index contributed by atoms with van der Waals surface area (Å²) < 4.78 is 0. The predicted molar refractivity (Wildman–Crippen MR) is 96.5 cm³/mol. The van der Waals surface area contributed by atoms with Crippen molar-refractivity contribution in [1.29, 1.82) is 0 Å². The van der Waals surface area contributed by atoms with Crippen molar-refractivity contribution >= 4 is 5.78 Å². The first-order chi connectivity index (χ1) is 11.3. The Bertz CT molecular complexity index is 528. The molecule has 2 nitrogen and oxygen atoms in total. The highest BCUT2D eigenvalue weighted by atomic mass is 16.3. The third-order valence-electron chi connectivity index (χ3n) is 9.49. The lowest BCUT2D eigenvalue weighted by molar-refractivity contribution is -0.152. The highest BCUT2D eigenvalue weighted by molar-refractivity contribution is 5.79. The summed E-state index contributed by atoms with van der Waals surface area (Å²) in [5.74, 6) is 4.61. The van der Waals surface area contributed by atoms with Crippen LogP contribution in [0.3, 0.4) is 0 Å². The molecule has 0 aromatic carbocycles. The van der Waals surface area contributed by atoms with E-state index in [2.05, 4.69) is 20.8 Å². The van der Waals surface area contributed by atoms with Gasteiger partial charge in [0.15, 0.2) is 0 Å². The zero-order chi connectivity index (χ0) is 17.3. The number of aliphatic hydroxyl groups excluding tert-OH is 1. The van der Waals surface area contributed by atoms with Crippen molar-refractivity contribution in [2.24, 2.45) is 46.3 Å². The summed E-state index contributed by atoms with van der Waals surface area (Å²) in [5.41, 5.74) is 0.699. The van der Waals surface area contributed by atoms with Gasteiger partial charge in [0.25, 0.3) is 0 Å². The molecule has 4 aliphatic carbocycles. The topological polar surface area (TPSA) is 37.3 Å². The standard InChI is InChI=1S/C22H36O2/c1-13-11-15-12-16(24)7-9-21(15,3)19-8-10-22(4)17(14(2)23)5-6-18(22)20(13)19/h13,15-20,24H,5-12H2,1-4H3/t13-,15-,16+,17-,18+,19+,20+,21+,22-/m1/s1. The number of Topliss-reactive ketones (excluding diaryl/α,β-unsaturated/α-hetero) is 1. The van der Waals surface area contributed by atoms with Crippen molar-refractivity contribution < 1.29 is 9.90 Å². The van der Waals surface area contributed by atoms with Gasteiger partial charge in [-0.2, -0.15) is 0 Å². The number of fused-ring (bicyclic) bond motifs is 5. The molecule has 4 rings (SSSR count). The molecule has 0 heterocycles. The molecule has 9 atom stereocenters. The summed E-state index contributed by atoms with van der Waals surface area (Å²) in [7, 11) is 0. The maximum absolute atomic E-state index is 12.2. The molecule has 0 aromatic rings. The number of ketones is 1. The molecule has 4 aliphatic rings. The Morgan fingerprint density at radius 2 is 1.62 bits per heavy atom. The van der Waals surface area contributed by atoms with E-state index in [1.165, 1.54) is 32.1 Å². The van der Waals surface area contributed by atoms with Crippen molar-refractivity contribution in [3.05, 3.63) is 0 Å². The summed E-state index contributed by atoms with van der Waals surface area (Å²) >= 11 is 0. The molecule has 0 aliphatic heterocycles. The van der Waals surface area contributed by atoms with Crippen LogP contribution in [-0.4, -0.2) is 17.0 Å². The predicted octanol–water partition coefficient (Wildman–Crippen LogP) is 4.84. The smallest absolute Gasteiger partial charge is 0.133 e. The van der Waals surface area contributed by atoms with Crippen molar-refractivity contribution in [3.63, 3.8) is 0 Å². The van der Waals surface area contributed by atoms with Crippen LogP contribution in [0.25, 0.3) is 0 Å². The Morgan fingerprint density at radius 3 is 2.33 bits per heavy atom. The van der Waals surface area contributed by atoms with Gasteiger partial charge in [0.2, 0.25) is 0 Å². The maximum Gasteiger partial charge on any atom is 0.133 e. The van der Waals surface area contributed by atoms with Crippen LogP contribution in [0.15, 0.2) is 0 Å². The van der Waals surface area contributed by atoms with Crippen LogP contribution in [0.4, 0.5) is 0 Å². The first-order valence-corrected chi connectivity index (χ1v) is 10.5. The summed E-state index contributed by atoms with van der Waals surface area (Å²) in [6.45, 7) is 9.30. The van der Waals surface area contributed by atoms with Crippen molar-refractivity contribution in [3.8, 4) is 0 Å². The quantitative estimate of drug-likeness (QED) is 0.746. The lowest BCUT2D eigenvalue weighted by Crippen LogP contribution is -2.56. The zero-order valence-corrected chi connectivity index (χ0v) is 16.1. The van der Waals surface area contributed by atoms with Crippen molar-refractivity contribution in [2.45, 2.75) is 85.2 Å². The summed E-state index contributed by atoms with van der Waals surface area (Å²) in [4.78, 5) is 12.2. The highest BCUT2D eigenvalue weighted by Crippen LogP contribution is 2.68. The van der Waals surface area contributed by atoms with E-state index in [9.17, 15) is 9.90 Å². The average molecular weight is 333 g/mol. The number of aliphatic hydroxyl groups is 1. The van der Waals surface area contributed by atoms with Gasteiger partial charge in [0.05, 0.1) is 6.10 Å². The number of hydrogen-bond donors (Lipinski definition) is 1. The lowest BCUT2D eigenvalue weighted by atomic mass is 9.42. The number of hydrogen-bond acceptors (Lipinski definition) is 2. The second kappa shape index (κ2) is 5.56. The average Bonchev–Trinajstić information content (AvgIpc) is 2.86. The Balaban J connectivity index is 1.66. The van der Waals surface area contributed by atoms with Gasteiger partial charge < -0.3 is 5.11 Å². The van der Waals surface area contributed by atoms with E-state index < -0.39 is 0 Å². The Morgan fingerprint density at radius 1 is 0.958 bits per heavy atom. The molecule has 0 unspecified atom stereocenters. The largest absolute Gasteiger partial charge is 0.393 e. The highest BCUT2D eigenvalue weighted by Gasteiger charge is 2.62. The van der Waals surface area contributed by atoms with Crippen LogP contribution < -0.4 is 0 Å². The van der Waals surface area contributed by atoms with Crippen molar-refractivity contribution in [2.75, 3.05) is 0 Å². The Labute approximate surface area is 147 Å². The number of rotatable bonds is 1. The van der Waals surface area contributed by atoms with Gasteiger partial charge in [-0.15, -0.1) is 0 Å². The van der Waals surface area contributed by atoms with Gasteiger partial charge in [0.1, 0.15) is 5.78 Å². The van der Waals surface area contributed by atoms with E-state index in [0.717, 1.165) is 42.9 Å². The molecule has 4 fully saturated rings. The van der Waals surface area contributed by atoms with Crippen LogP contribution in [-0.2, 0) is 4.79 Å². The molecular weight excluding hydrogens is 296 g/mol. The fourth-order valence-electron chi connectivity index (χ4n) is 8.28. The van der Waals surface area contributed by atoms with E-state index in [4.69, 9.17) is 0 Å². The minimum absolute atomic E-state index is 0.0609. The third-order valence-corrected chi connectivity index (χ3v) is 9.49. The van der Waals surface area contributed by atoms with Crippen LogP contribution >= 0.6 is 0 Å². The summed E-state index contributed by atoms with van der Waals surface area (Å²) in [5, 5.41) is 10.2. The fourth-order valence-corrected chi connectivity index (χ4v) is 8.28. The molecule has 0 amide bonds. The Hall–Kier alpha value is -0.370. The molecule has 136 valence electrons. The molecule has 2 heteroatoms. The first-order valence-electron chi connectivity index (χ1n) is 10.5. The van der Waals surface area contributed by atoms with Gasteiger partial charge in [-0.25, -0.2) is 0 Å². The van der Waals surface area contributed by atoms with Gasteiger partial charge in [-0.1, -0.05) is 20.8 Å². The van der Waals surface area contributed by atoms with E-state index in [1.807, 2.05) is 6.92 Å². The van der Waals surface area contributed by atoms with Gasteiger partial charge in [-0.3, -0.25) is 4.79 Å². The molecule has 0 radical (unpaired) electrons. The fraction of sp³-hybridized carbons (Fsp3) is 0.955. The normalized spacial score (nSPS) is 57.0.